The summed E-state index contributed by atoms with van der Waals surface area (Å²) in [7, 11) is 3.55. The molecule has 1 aromatic carbocycles. The molecule has 0 heterocycles. The fourth-order valence-electron chi connectivity index (χ4n) is 1.51. The van der Waals surface area contributed by atoms with Crippen molar-refractivity contribution in [2.75, 3.05) is 25.6 Å². The fraction of sp³-hybridized carbons (Fsp3) is 0.429. The van der Waals surface area contributed by atoms with Crippen molar-refractivity contribution in [3.8, 4) is 6.07 Å². The van der Waals surface area contributed by atoms with Crippen LogP contribution in [-0.4, -0.2) is 36.4 Å². The van der Waals surface area contributed by atoms with Gasteiger partial charge in [0.2, 0.25) is 5.91 Å². The van der Waals surface area contributed by atoms with Gasteiger partial charge >= 0.3 is 0 Å². The topological polar surface area (TPSA) is 44.1 Å². The van der Waals surface area contributed by atoms with Crippen LogP contribution in [0.25, 0.3) is 0 Å². The van der Waals surface area contributed by atoms with E-state index in [1.54, 1.807) is 30.8 Å². The smallest absolute Gasteiger partial charge is 0.222 e. The number of carbonyl (C=O) groups is 1. The number of nitriles is 1. The van der Waals surface area contributed by atoms with Gasteiger partial charge in [-0.3, -0.25) is 4.79 Å². The number of benzene rings is 1. The molecular formula is C14H18N2OS. The van der Waals surface area contributed by atoms with E-state index in [0.717, 1.165) is 29.1 Å². The summed E-state index contributed by atoms with van der Waals surface area (Å²) in [4.78, 5) is 13.0. The van der Waals surface area contributed by atoms with E-state index < -0.39 is 0 Å². The van der Waals surface area contributed by atoms with Crippen LogP contribution >= 0.6 is 11.8 Å². The van der Waals surface area contributed by atoms with Gasteiger partial charge in [0.15, 0.2) is 0 Å². The molecule has 0 saturated carbocycles. The summed E-state index contributed by atoms with van der Waals surface area (Å²) in [5, 5.41) is 8.95. The lowest BCUT2D eigenvalue weighted by Crippen LogP contribution is -2.21. The molecule has 0 spiro atoms. The third-order valence-electron chi connectivity index (χ3n) is 2.61. The lowest BCUT2D eigenvalue weighted by molar-refractivity contribution is -0.128. The zero-order valence-electron chi connectivity index (χ0n) is 10.8. The lowest BCUT2D eigenvalue weighted by atomic mass is 10.1. The molecule has 3 nitrogen and oxygen atoms in total. The van der Waals surface area contributed by atoms with Gasteiger partial charge in [-0.2, -0.15) is 17.0 Å². The second-order valence-corrected chi connectivity index (χ2v) is 5.39. The Morgan fingerprint density at radius 3 is 2.72 bits per heavy atom. The van der Waals surface area contributed by atoms with Crippen molar-refractivity contribution < 1.29 is 4.79 Å². The number of aryl methyl sites for hydroxylation is 1. The largest absolute Gasteiger partial charge is 0.349 e. The zero-order valence-corrected chi connectivity index (χ0v) is 11.7. The average Bonchev–Trinajstić information content (AvgIpc) is 2.38. The number of hydrogen-bond acceptors (Lipinski definition) is 3. The summed E-state index contributed by atoms with van der Waals surface area (Å²) in [6, 6.07) is 9.87. The van der Waals surface area contributed by atoms with Gasteiger partial charge in [0.25, 0.3) is 0 Å². The third kappa shape index (κ3) is 4.80. The highest BCUT2D eigenvalue weighted by Crippen LogP contribution is 2.12. The predicted octanol–water partition coefficient (Wildman–Crippen LogP) is 2.31. The van der Waals surface area contributed by atoms with Crippen LogP contribution in [0.2, 0.25) is 0 Å². The molecule has 1 aromatic rings. The molecule has 0 aliphatic heterocycles. The highest BCUT2D eigenvalue weighted by atomic mass is 32.2. The molecule has 0 unspecified atom stereocenters. The van der Waals surface area contributed by atoms with E-state index in [0.29, 0.717) is 6.42 Å². The minimum atomic E-state index is 0.167. The summed E-state index contributed by atoms with van der Waals surface area (Å²) in [6.07, 6.45) is 1.46. The molecular weight excluding hydrogens is 244 g/mol. The van der Waals surface area contributed by atoms with Gasteiger partial charge in [0, 0.05) is 26.3 Å². The van der Waals surface area contributed by atoms with E-state index in [1.165, 1.54) is 0 Å². The van der Waals surface area contributed by atoms with Crippen LogP contribution < -0.4 is 0 Å². The molecule has 0 aliphatic rings. The predicted molar refractivity (Wildman–Crippen MR) is 75.5 cm³/mol. The Labute approximate surface area is 113 Å². The first-order valence-electron chi connectivity index (χ1n) is 5.91. The third-order valence-corrected chi connectivity index (χ3v) is 3.60. The van der Waals surface area contributed by atoms with Crippen molar-refractivity contribution in [1.29, 1.82) is 5.26 Å². The van der Waals surface area contributed by atoms with Gasteiger partial charge in [0.05, 0.1) is 11.6 Å². The van der Waals surface area contributed by atoms with Crippen molar-refractivity contribution in [3.05, 3.63) is 35.4 Å². The molecule has 18 heavy (non-hydrogen) atoms. The van der Waals surface area contributed by atoms with Crippen LogP contribution in [-0.2, 0) is 11.2 Å². The molecule has 1 amide bonds. The van der Waals surface area contributed by atoms with Gasteiger partial charge in [0.1, 0.15) is 0 Å². The number of amides is 1. The Morgan fingerprint density at radius 1 is 1.33 bits per heavy atom. The first-order chi connectivity index (χ1) is 8.65. The maximum atomic E-state index is 11.3. The van der Waals surface area contributed by atoms with Gasteiger partial charge in [-0.1, -0.05) is 18.2 Å². The zero-order chi connectivity index (χ0) is 13.4. The Bertz CT molecular complexity index is 438. The number of hydrogen-bond donors (Lipinski definition) is 0. The van der Waals surface area contributed by atoms with Crippen LogP contribution in [0.3, 0.4) is 0 Å². The maximum absolute atomic E-state index is 11.3. The van der Waals surface area contributed by atoms with Gasteiger partial charge in [-0.15, -0.1) is 0 Å². The van der Waals surface area contributed by atoms with E-state index >= 15 is 0 Å². The van der Waals surface area contributed by atoms with E-state index in [4.69, 9.17) is 5.26 Å². The van der Waals surface area contributed by atoms with Crippen LogP contribution in [0.4, 0.5) is 0 Å². The Hall–Kier alpha value is -1.47. The highest BCUT2D eigenvalue weighted by Gasteiger charge is 2.04. The van der Waals surface area contributed by atoms with Crippen LogP contribution in [0.1, 0.15) is 17.5 Å². The van der Waals surface area contributed by atoms with Gasteiger partial charge in [-0.05, 0) is 23.8 Å². The van der Waals surface area contributed by atoms with Crippen molar-refractivity contribution in [1.82, 2.24) is 4.90 Å². The molecule has 0 aromatic heterocycles. The normalized spacial score (nSPS) is 9.83. The average molecular weight is 262 g/mol. The summed E-state index contributed by atoms with van der Waals surface area (Å²) in [5.41, 5.74) is 1.84. The Morgan fingerprint density at radius 2 is 2.06 bits per heavy atom. The van der Waals surface area contributed by atoms with Crippen LogP contribution in [0.15, 0.2) is 24.3 Å². The second-order valence-electron chi connectivity index (χ2n) is 4.17. The molecule has 0 N–H and O–H groups in total. The molecule has 0 aliphatic carbocycles. The first kappa shape index (κ1) is 14.6. The van der Waals surface area contributed by atoms with E-state index in [1.807, 2.05) is 24.3 Å². The monoisotopic (exact) mass is 262 g/mol. The summed E-state index contributed by atoms with van der Waals surface area (Å²) < 4.78 is 0. The van der Waals surface area contributed by atoms with E-state index in [2.05, 4.69) is 6.07 Å². The number of thioether (sulfide) groups is 1. The first-order valence-corrected chi connectivity index (χ1v) is 7.06. The van der Waals surface area contributed by atoms with Crippen molar-refractivity contribution >= 4 is 17.7 Å². The summed E-state index contributed by atoms with van der Waals surface area (Å²) in [6.45, 7) is 0. The van der Waals surface area contributed by atoms with Crippen LogP contribution in [0.5, 0.6) is 0 Å². The second kappa shape index (κ2) is 7.78. The molecule has 0 radical (unpaired) electrons. The minimum absolute atomic E-state index is 0.167. The number of rotatable bonds is 6. The Balaban J connectivity index is 2.26. The van der Waals surface area contributed by atoms with E-state index in [9.17, 15) is 4.79 Å². The Kier molecular flexibility index (Phi) is 6.31. The quantitative estimate of drug-likeness (QED) is 0.739. The maximum Gasteiger partial charge on any atom is 0.222 e. The van der Waals surface area contributed by atoms with Gasteiger partial charge in [-0.25, -0.2) is 0 Å². The van der Waals surface area contributed by atoms with Crippen LogP contribution in [0, 0.1) is 11.3 Å². The number of nitrogens with zero attached hydrogens (tertiary/aromatic N) is 2. The molecule has 96 valence electrons. The molecule has 0 fully saturated rings. The standard InChI is InChI=1S/C14H18N2OS/c1-16(2)14(17)8-10-18-9-7-12-5-3-4-6-13(12)11-15/h3-6H,7-10H2,1-2H3. The molecule has 1 rings (SSSR count). The SMILES string of the molecule is CN(C)C(=O)CCSCCc1ccccc1C#N. The molecule has 0 bridgehead atoms. The van der Waals surface area contributed by atoms with Gasteiger partial charge < -0.3 is 4.90 Å². The van der Waals surface area contributed by atoms with Crippen molar-refractivity contribution in [2.45, 2.75) is 12.8 Å². The molecule has 0 saturated heterocycles. The lowest BCUT2D eigenvalue weighted by Gasteiger charge is -2.09. The minimum Gasteiger partial charge on any atom is -0.349 e. The number of carbonyl (C=O) groups excluding carboxylic acids is 1. The van der Waals surface area contributed by atoms with Crippen molar-refractivity contribution in [2.24, 2.45) is 0 Å². The van der Waals surface area contributed by atoms with Crippen molar-refractivity contribution in [3.63, 3.8) is 0 Å². The fourth-order valence-corrected chi connectivity index (χ4v) is 2.40. The summed E-state index contributed by atoms with van der Waals surface area (Å²) >= 11 is 1.76. The highest BCUT2D eigenvalue weighted by molar-refractivity contribution is 7.99. The molecule has 0 atom stereocenters. The van der Waals surface area contributed by atoms with E-state index in [-0.39, 0.29) is 5.91 Å². The molecule has 4 heteroatoms. The summed E-state index contributed by atoms with van der Waals surface area (Å²) in [5.74, 6) is 1.95.